The Labute approximate surface area is 216 Å². The summed E-state index contributed by atoms with van der Waals surface area (Å²) in [6, 6.07) is 20.2. The van der Waals surface area contributed by atoms with E-state index in [0.717, 1.165) is 36.1 Å². The van der Waals surface area contributed by atoms with Crippen molar-refractivity contribution in [3.63, 3.8) is 0 Å². The molecule has 0 spiro atoms. The van der Waals surface area contributed by atoms with Crippen LogP contribution in [0.1, 0.15) is 52.0 Å². The normalized spacial score (nSPS) is 12.0. The van der Waals surface area contributed by atoms with Gasteiger partial charge in [0.25, 0.3) is 0 Å². The Balaban J connectivity index is 0.00000124. The maximum atomic E-state index is 12.2. The predicted octanol–water partition coefficient (Wildman–Crippen LogP) is 6.41. The topological polar surface area (TPSA) is 80.3 Å². The minimum atomic E-state index is -0.432. The molecule has 3 rings (SSSR count). The maximum absolute atomic E-state index is 12.2. The van der Waals surface area contributed by atoms with Gasteiger partial charge in [-0.15, -0.1) is 11.3 Å². The van der Waals surface area contributed by atoms with Crippen molar-refractivity contribution < 1.29 is 17.2 Å². The van der Waals surface area contributed by atoms with Crippen LogP contribution in [0.4, 0.5) is 4.79 Å². The number of nitrogens with one attached hydrogen (secondary N) is 2. The zero-order valence-electron chi connectivity index (χ0n) is 20.9. The van der Waals surface area contributed by atoms with Crippen LogP contribution >= 0.6 is 11.3 Å². The maximum Gasteiger partial charge on any atom is 0.407 e. The largest absolute Gasteiger partial charge is 0.444 e. The van der Waals surface area contributed by atoms with E-state index in [1.54, 1.807) is 11.7 Å². The third-order valence-electron chi connectivity index (χ3n) is 5.50. The first-order chi connectivity index (χ1) is 17.0. The second-order valence-electron chi connectivity index (χ2n) is 8.47. The molecule has 6 nitrogen and oxygen atoms in total. The number of nitrogens with zero attached hydrogens (tertiary/aromatic N) is 1. The number of thiazole rings is 1. The van der Waals surface area contributed by atoms with Gasteiger partial charge in [0.05, 0.1) is 10.4 Å². The molecule has 0 fully saturated rings. The standard InChI is InChI=1S/C21H29N3O3S.C7H8.2H2/c1-3-16(2)20(25)23-11-7-10-18(12-17-8-5-4-6-9-17)24-21(26)27-14-19-13-22-15-28-19;1-7-5-3-2-4-6-7;;/h4-6,8-9,13,15-16,18H,3,7,10-12,14H2,1-2H3,(H,23,25)(H,24,26);2-6H,1H3;2*1H/t16-,18+;;;/m0.../s1. The van der Waals surface area contributed by atoms with Crippen LogP contribution in [0.25, 0.3) is 0 Å². The van der Waals surface area contributed by atoms with Crippen molar-refractivity contribution >= 4 is 23.3 Å². The molecule has 2 N–H and O–H groups in total. The van der Waals surface area contributed by atoms with Gasteiger partial charge in [0.1, 0.15) is 6.61 Å². The lowest BCUT2D eigenvalue weighted by atomic mass is 10.0. The molecule has 1 aromatic heterocycles. The molecule has 0 bridgehead atoms. The molecular weight excluding hydrogens is 458 g/mol. The first-order valence-electron chi connectivity index (χ1n) is 12.1. The van der Waals surface area contributed by atoms with E-state index in [9.17, 15) is 9.59 Å². The monoisotopic (exact) mass is 499 g/mol. The summed E-state index contributed by atoms with van der Waals surface area (Å²) in [5.41, 5.74) is 4.18. The number of aryl methyl sites for hydroxylation is 1. The number of ether oxygens (including phenoxy) is 1. The van der Waals surface area contributed by atoms with Crippen molar-refractivity contribution in [3.05, 3.63) is 88.4 Å². The molecule has 192 valence electrons. The molecule has 0 unspecified atom stereocenters. The van der Waals surface area contributed by atoms with Crippen molar-refractivity contribution in [1.29, 1.82) is 0 Å². The van der Waals surface area contributed by atoms with Crippen LogP contribution in [-0.4, -0.2) is 29.6 Å². The summed E-state index contributed by atoms with van der Waals surface area (Å²) in [6.07, 6.45) is 4.35. The number of aromatic nitrogens is 1. The highest BCUT2D eigenvalue weighted by atomic mass is 32.1. The molecule has 0 saturated carbocycles. The molecule has 2 atom stereocenters. The van der Waals surface area contributed by atoms with Crippen LogP contribution in [0.3, 0.4) is 0 Å². The molecule has 0 aliphatic heterocycles. The molecule has 0 aliphatic carbocycles. The highest BCUT2D eigenvalue weighted by molar-refractivity contribution is 7.09. The van der Waals surface area contributed by atoms with E-state index in [2.05, 4.69) is 34.7 Å². The van der Waals surface area contributed by atoms with Gasteiger partial charge >= 0.3 is 6.09 Å². The lowest BCUT2D eigenvalue weighted by Gasteiger charge is -2.19. The van der Waals surface area contributed by atoms with Gasteiger partial charge < -0.3 is 15.4 Å². The minimum Gasteiger partial charge on any atom is -0.444 e. The second kappa shape index (κ2) is 16.4. The summed E-state index contributed by atoms with van der Waals surface area (Å²) in [5, 5.41) is 5.92. The third kappa shape index (κ3) is 12.2. The zero-order chi connectivity index (χ0) is 25.3. The van der Waals surface area contributed by atoms with E-state index in [4.69, 9.17) is 4.74 Å². The Morgan fingerprint density at radius 3 is 2.34 bits per heavy atom. The van der Waals surface area contributed by atoms with E-state index < -0.39 is 6.09 Å². The molecule has 0 radical (unpaired) electrons. The third-order valence-corrected chi connectivity index (χ3v) is 6.26. The zero-order valence-corrected chi connectivity index (χ0v) is 21.7. The van der Waals surface area contributed by atoms with Crippen LogP contribution in [0.2, 0.25) is 0 Å². The number of carbonyl (C=O) groups excluding carboxylic acids is 2. The number of hydrogen-bond donors (Lipinski definition) is 2. The van der Waals surface area contributed by atoms with Gasteiger partial charge in [0, 0.05) is 27.6 Å². The summed E-state index contributed by atoms with van der Waals surface area (Å²) in [5.74, 6) is 0.110. The van der Waals surface area contributed by atoms with Gasteiger partial charge in [0.15, 0.2) is 0 Å². The number of hydrogen-bond acceptors (Lipinski definition) is 5. The first-order valence-corrected chi connectivity index (χ1v) is 13.0. The number of rotatable bonds is 11. The van der Waals surface area contributed by atoms with Gasteiger partial charge in [-0.25, -0.2) is 4.79 Å². The van der Waals surface area contributed by atoms with Crippen molar-refractivity contribution in [2.24, 2.45) is 5.92 Å². The van der Waals surface area contributed by atoms with Crippen LogP contribution in [0.15, 0.2) is 72.4 Å². The molecule has 0 aliphatic rings. The molecule has 2 aromatic carbocycles. The highest BCUT2D eigenvalue weighted by Crippen LogP contribution is 2.10. The summed E-state index contributed by atoms with van der Waals surface area (Å²) in [7, 11) is 0. The van der Waals surface area contributed by atoms with E-state index in [1.165, 1.54) is 16.9 Å². The van der Waals surface area contributed by atoms with E-state index in [-0.39, 0.29) is 27.3 Å². The highest BCUT2D eigenvalue weighted by Gasteiger charge is 2.15. The average molecular weight is 500 g/mol. The van der Waals surface area contributed by atoms with Gasteiger partial charge in [-0.3, -0.25) is 9.78 Å². The fourth-order valence-corrected chi connectivity index (χ4v) is 3.74. The summed E-state index contributed by atoms with van der Waals surface area (Å²) in [4.78, 5) is 28.9. The fraction of sp³-hybridized carbons (Fsp3) is 0.393. The lowest BCUT2D eigenvalue weighted by molar-refractivity contribution is -0.124. The molecule has 2 amide bonds. The Hall–Kier alpha value is -3.19. The average Bonchev–Trinajstić information content (AvgIpc) is 3.40. The first kappa shape index (κ1) is 28.1. The van der Waals surface area contributed by atoms with Crippen molar-refractivity contribution in [2.75, 3.05) is 6.54 Å². The second-order valence-corrected chi connectivity index (χ2v) is 9.44. The molecule has 35 heavy (non-hydrogen) atoms. The molecular formula is C28H41N3O3S. The number of amides is 2. The fourth-order valence-electron chi connectivity index (χ4n) is 3.24. The van der Waals surface area contributed by atoms with Gasteiger partial charge in [-0.1, -0.05) is 80.1 Å². The van der Waals surface area contributed by atoms with E-state index in [0.29, 0.717) is 6.54 Å². The van der Waals surface area contributed by atoms with Crippen molar-refractivity contribution in [1.82, 2.24) is 15.6 Å². The number of carbonyl (C=O) groups is 2. The molecule has 3 aromatic rings. The minimum absolute atomic E-state index is 0. The Bertz CT molecular complexity index is 977. The van der Waals surface area contributed by atoms with Crippen LogP contribution < -0.4 is 10.6 Å². The lowest BCUT2D eigenvalue weighted by Crippen LogP contribution is -2.38. The van der Waals surface area contributed by atoms with Gasteiger partial charge in [-0.05, 0) is 38.2 Å². The van der Waals surface area contributed by atoms with Gasteiger partial charge in [-0.2, -0.15) is 0 Å². The quantitative estimate of drug-likeness (QED) is 0.299. The Morgan fingerprint density at radius 2 is 1.77 bits per heavy atom. The molecule has 1 heterocycles. The smallest absolute Gasteiger partial charge is 0.407 e. The summed E-state index contributed by atoms with van der Waals surface area (Å²) in [6.45, 7) is 6.84. The van der Waals surface area contributed by atoms with Crippen molar-refractivity contribution in [2.45, 2.75) is 59.1 Å². The van der Waals surface area contributed by atoms with E-state index >= 15 is 0 Å². The molecule has 0 saturated heterocycles. The van der Waals surface area contributed by atoms with Crippen LogP contribution in [0, 0.1) is 12.8 Å². The SMILES string of the molecule is CC[C@H](C)C(=O)NCCC[C@H](Cc1ccccc1)NC(=O)OCc1cncs1.Cc1ccccc1.[HH].[HH]. The number of alkyl carbamates (subject to hydrolysis) is 1. The number of benzene rings is 2. The Morgan fingerprint density at radius 1 is 1.09 bits per heavy atom. The van der Waals surface area contributed by atoms with Crippen molar-refractivity contribution in [3.8, 4) is 0 Å². The predicted molar refractivity (Wildman–Crippen MR) is 146 cm³/mol. The van der Waals surface area contributed by atoms with Crippen LogP contribution in [0.5, 0.6) is 0 Å². The van der Waals surface area contributed by atoms with Crippen LogP contribution in [-0.2, 0) is 22.6 Å². The Kier molecular flexibility index (Phi) is 13.2. The summed E-state index contributed by atoms with van der Waals surface area (Å²) < 4.78 is 5.30. The molecule has 7 heteroatoms. The van der Waals surface area contributed by atoms with Gasteiger partial charge in [0.2, 0.25) is 5.91 Å². The van der Waals surface area contributed by atoms with E-state index in [1.807, 2.05) is 62.4 Å². The summed E-state index contributed by atoms with van der Waals surface area (Å²) >= 11 is 1.45.